The van der Waals surface area contributed by atoms with Crippen LogP contribution in [-0.4, -0.2) is 13.1 Å². The molecule has 1 nitrogen and oxygen atoms in total. The predicted molar refractivity (Wildman–Crippen MR) is 75.0 cm³/mol. The molecule has 1 fully saturated rings. The molecule has 1 N–H and O–H groups in total. The van der Waals surface area contributed by atoms with E-state index in [9.17, 15) is 0 Å². The van der Waals surface area contributed by atoms with Crippen molar-refractivity contribution in [3.8, 4) is 0 Å². The van der Waals surface area contributed by atoms with Crippen LogP contribution < -0.4 is 5.32 Å². The van der Waals surface area contributed by atoms with E-state index in [1.54, 1.807) is 5.57 Å². The van der Waals surface area contributed by atoms with Crippen molar-refractivity contribution in [3.63, 3.8) is 0 Å². The molecule has 2 rings (SSSR count). The van der Waals surface area contributed by atoms with Crippen LogP contribution >= 0.6 is 0 Å². The highest BCUT2D eigenvalue weighted by Gasteiger charge is 2.44. The van der Waals surface area contributed by atoms with Gasteiger partial charge in [-0.15, -0.1) is 0 Å². The molecule has 2 aliphatic rings. The Hall–Kier alpha value is -0.300. The summed E-state index contributed by atoms with van der Waals surface area (Å²) in [4.78, 5) is 0. The van der Waals surface area contributed by atoms with Gasteiger partial charge in [0.2, 0.25) is 0 Å². The zero-order valence-corrected chi connectivity index (χ0v) is 12.1. The van der Waals surface area contributed by atoms with Gasteiger partial charge in [0.15, 0.2) is 0 Å². The molecule has 0 heterocycles. The maximum Gasteiger partial charge on any atom is 0.00104 e. The predicted octanol–water partition coefficient (Wildman–Crippen LogP) is 4.00. The number of allylic oxidation sites excluding steroid dienone is 2. The lowest BCUT2D eigenvalue weighted by atomic mass is 9.83. The number of hydrogen-bond donors (Lipinski definition) is 1. The SMILES string of the molecule is CC1=CC(C)CC(CNCC2(C(C)C)CC2)C1. The van der Waals surface area contributed by atoms with Crippen molar-refractivity contribution in [2.24, 2.45) is 23.2 Å². The average molecular weight is 235 g/mol. The van der Waals surface area contributed by atoms with Crippen LogP contribution in [-0.2, 0) is 0 Å². The molecule has 0 amide bonds. The first-order valence-electron chi connectivity index (χ1n) is 7.40. The van der Waals surface area contributed by atoms with Gasteiger partial charge < -0.3 is 5.32 Å². The third-order valence-electron chi connectivity index (χ3n) is 4.91. The van der Waals surface area contributed by atoms with Crippen molar-refractivity contribution >= 4 is 0 Å². The van der Waals surface area contributed by atoms with Gasteiger partial charge in [0.05, 0.1) is 0 Å². The number of rotatable bonds is 5. The van der Waals surface area contributed by atoms with Crippen LogP contribution in [0, 0.1) is 23.2 Å². The minimum Gasteiger partial charge on any atom is -0.316 e. The Bertz CT molecular complexity index is 286. The van der Waals surface area contributed by atoms with Crippen LogP contribution in [0.2, 0.25) is 0 Å². The van der Waals surface area contributed by atoms with E-state index < -0.39 is 0 Å². The highest BCUT2D eigenvalue weighted by Crippen LogP contribution is 2.51. The molecule has 0 spiro atoms. The summed E-state index contributed by atoms with van der Waals surface area (Å²) in [7, 11) is 0. The molecule has 0 saturated heterocycles. The zero-order valence-electron chi connectivity index (χ0n) is 12.1. The van der Waals surface area contributed by atoms with Crippen LogP contribution in [0.3, 0.4) is 0 Å². The van der Waals surface area contributed by atoms with Crippen LogP contribution in [0.25, 0.3) is 0 Å². The fraction of sp³-hybridized carbons (Fsp3) is 0.875. The molecule has 98 valence electrons. The van der Waals surface area contributed by atoms with Gasteiger partial charge in [-0.2, -0.15) is 0 Å². The van der Waals surface area contributed by atoms with Gasteiger partial charge in [0.1, 0.15) is 0 Å². The zero-order chi connectivity index (χ0) is 12.5. The van der Waals surface area contributed by atoms with E-state index in [4.69, 9.17) is 0 Å². The molecular formula is C16H29N. The second kappa shape index (κ2) is 5.14. The first-order valence-corrected chi connectivity index (χ1v) is 7.40. The number of nitrogens with one attached hydrogen (secondary N) is 1. The standard InChI is InChI=1S/C16H29N/c1-12(2)16(5-6-16)11-17-10-15-8-13(3)7-14(4)9-15/h7,12-13,15,17H,5-6,8-11H2,1-4H3. The molecule has 0 aromatic carbocycles. The quantitative estimate of drug-likeness (QED) is 0.710. The molecule has 2 atom stereocenters. The van der Waals surface area contributed by atoms with Crippen LogP contribution in [0.4, 0.5) is 0 Å². The van der Waals surface area contributed by atoms with Crippen molar-refractivity contribution in [2.45, 2.75) is 53.4 Å². The first kappa shape index (κ1) is 13.1. The molecule has 1 saturated carbocycles. The van der Waals surface area contributed by atoms with E-state index in [1.807, 2.05) is 0 Å². The summed E-state index contributed by atoms with van der Waals surface area (Å²) >= 11 is 0. The molecule has 0 aromatic heterocycles. The normalized spacial score (nSPS) is 31.5. The second-order valence-corrected chi connectivity index (χ2v) is 6.94. The first-order chi connectivity index (χ1) is 8.02. The summed E-state index contributed by atoms with van der Waals surface area (Å²) in [5.41, 5.74) is 2.26. The summed E-state index contributed by atoms with van der Waals surface area (Å²) in [6.45, 7) is 11.9. The fourth-order valence-corrected chi connectivity index (χ4v) is 3.49. The summed E-state index contributed by atoms with van der Waals surface area (Å²) < 4.78 is 0. The fourth-order valence-electron chi connectivity index (χ4n) is 3.49. The molecule has 0 aromatic rings. The molecule has 0 bridgehead atoms. The van der Waals surface area contributed by atoms with Crippen LogP contribution in [0.15, 0.2) is 11.6 Å². The Labute approximate surface area is 107 Å². The maximum absolute atomic E-state index is 3.75. The highest BCUT2D eigenvalue weighted by molar-refractivity contribution is 5.06. The van der Waals surface area contributed by atoms with Gasteiger partial charge in [-0.1, -0.05) is 32.4 Å². The Morgan fingerprint density at radius 3 is 2.65 bits per heavy atom. The monoisotopic (exact) mass is 235 g/mol. The second-order valence-electron chi connectivity index (χ2n) is 6.94. The number of hydrogen-bond acceptors (Lipinski definition) is 1. The van der Waals surface area contributed by atoms with E-state index in [2.05, 4.69) is 39.1 Å². The third-order valence-corrected chi connectivity index (χ3v) is 4.91. The van der Waals surface area contributed by atoms with E-state index in [-0.39, 0.29) is 0 Å². The summed E-state index contributed by atoms with van der Waals surface area (Å²) in [6.07, 6.45) is 8.02. The minimum absolute atomic E-state index is 0.658. The molecule has 17 heavy (non-hydrogen) atoms. The van der Waals surface area contributed by atoms with Crippen molar-refractivity contribution < 1.29 is 0 Å². The molecule has 2 aliphatic carbocycles. The minimum atomic E-state index is 0.658. The summed E-state index contributed by atoms with van der Waals surface area (Å²) in [5.74, 6) is 2.51. The molecule has 1 heteroatoms. The van der Waals surface area contributed by atoms with Gasteiger partial charge in [-0.05, 0) is 62.3 Å². The van der Waals surface area contributed by atoms with Crippen molar-refractivity contribution in [1.29, 1.82) is 0 Å². The van der Waals surface area contributed by atoms with E-state index in [1.165, 1.54) is 38.8 Å². The third kappa shape index (κ3) is 3.34. The van der Waals surface area contributed by atoms with Gasteiger partial charge in [0, 0.05) is 6.54 Å². The summed E-state index contributed by atoms with van der Waals surface area (Å²) in [5, 5.41) is 3.75. The Morgan fingerprint density at radius 2 is 2.12 bits per heavy atom. The van der Waals surface area contributed by atoms with Gasteiger partial charge >= 0.3 is 0 Å². The lowest BCUT2D eigenvalue weighted by Gasteiger charge is -2.27. The topological polar surface area (TPSA) is 12.0 Å². The Balaban J connectivity index is 1.71. The molecule has 0 aliphatic heterocycles. The van der Waals surface area contributed by atoms with Crippen molar-refractivity contribution in [1.82, 2.24) is 5.32 Å². The summed E-state index contributed by atoms with van der Waals surface area (Å²) in [6, 6.07) is 0. The van der Waals surface area contributed by atoms with Crippen molar-refractivity contribution in [2.75, 3.05) is 13.1 Å². The Kier molecular flexibility index (Phi) is 3.97. The van der Waals surface area contributed by atoms with E-state index in [0.717, 1.165) is 17.8 Å². The van der Waals surface area contributed by atoms with Crippen LogP contribution in [0.5, 0.6) is 0 Å². The smallest absolute Gasteiger partial charge is 0.00104 e. The molecular weight excluding hydrogens is 206 g/mol. The highest BCUT2D eigenvalue weighted by atomic mass is 14.9. The van der Waals surface area contributed by atoms with Crippen molar-refractivity contribution in [3.05, 3.63) is 11.6 Å². The van der Waals surface area contributed by atoms with Gasteiger partial charge in [-0.25, -0.2) is 0 Å². The van der Waals surface area contributed by atoms with Crippen LogP contribution in [0.1, 0.15) is 53.4 Å². The van der Waals surface area contributed by atoms with Gasteiger partial charge in [-0.3, -0.25) is 0 Å². The average Bonchev–Trinajstić information content (AvgIpc) is 2.97. The van der Waals surface area contributed by atoms with E-state index in [0.29, 0.717) is 5.41 Å². The lowest BCUT2D eigenvalue weighted by Crippen LogP contribution is -2.32. The van der Waals surface area contributed by atoms with E-state index >= 15 is 0 Å². The largest absolute Gasteiger partial charge is 0.316 e. The maximum atomic E-state index is 3.75. The Morgan fingerprint density at radius 1 is 1.41 bits per heavy atom. The molecule has 0 radical (unpaired) electrons. The van der Waals surface area contributed by atoms with Gasteiger partial charge in [0.25, 0.3) is 0 Å². The lowest BCUT2D eigenvalue weighted by molar-refractivity contribution is 0.311. The molecule has 2 unspecified atom stereocenters.